The van der Waals surface area contributed by atoms with E-state index in [-0.39, 0.29) is 0 Å². The van der Waals surface area contributed by atoms with E-state index in [1.54, 1.807) is 13.1 Å². The Labute approximate surface area is 99.0 Å². The third-order valence-electron chi connectivity index (χ3n) is 2.55. The van der Waals surface area contributed by atoms with Crippen LogP contribution in [-0.4, -0.2) is 21.0 Å². The number of aromatic nitrogens is 2. The van der Waals surface area contributed by atoms with Gasteiger partial charge in [0, 0.05) is 18.0 Å². The fraction of sp³-hybridized carbons (Fsp3) is 0.154. The molecule has 0 aliphatic carbocycles. The summed E-state index contributed by atoms with van der Waals surface area (Å²) in [6.45, 7) is 1.61. The van der Waals surface area contributed by atoms with Gasteiger partial charge >= 0.3 is 5.97 Å². The largest absolute Gasteiger partial charge is 0.481 e. The molecule has 2 rings (SSSR count). The number of carboxylic acid groups (broad SMARTS) is 1. The van der Waals surface area contributed by atoms with Crippen molar-refractivity contribution in [2.75, 3.05) is 0 Å². The first-order valence-corrected chi connectivity index (χ1v) is 5.29. The number of hydrogen-bond donors (Lipinski definition) is 1. The van der Waals surface area contributed by atoms with Crippen molar-refractivity contribution in [3.05, 3.63) is 48.4 Å². The van der Waals surface area contributed by atoms with E-state index >= 15 is 0 Å². The predicted molar refractivity (Wildman–Crippen MR) is 63.5 cm³/mol. The zero-order valence-corrected chi connectivity index (χ0v) is 9.37. The zero-order chi connectivity index (χ0) is 12.3. The Morgan fingerprint density at radius 3 is 2.47 bits per heavy atom. The van der Waals surface area contributed by atoms with Gasteiger partial charge in [0.15, 0.2) is 0 Å². The zero-order valence-electron chi connectivity index (χ0n) is 9.37. The van der Waals surface area contributed by atoms with Crippen molar-refractivity contribution in [1.29, 1.82) is 0 Å². The Bertz CT molecular complexity index is 526. The average molecular weight is 228 g/mol. The van der Waals surface area contributed by atoms with Crippen LogP contribution in [0.3, 0.4) is 0 Å². The summed E-state index contributed by atoms with van der Waals surface area (Å²) >= 11 is 0. The second-order valence-electron chi connectivity index (χ2n) is 3.72. The smallest absolute Gasteiger partial charge is 0.312 e. The van der Waals surface area contributed by atoms with E-state index in [1.165, 1.54) is 6.20 Å². The monoisotopic (exact) mass is 228 g/mol. The maximum atomic E-state index is 11.0. The van der Waals surface area contributed by atoms with Crippen LogP contribution in [0.4, 0.5) is 0 Å². The molecule has 4 heteroatoms. The molecule has 1 N–H and O–H groups in total. The molecule has 0 bridgehead atoms. The lowest BCUT2D eigenvalue weighted by atomic mass is 10.0. The molecule has 1 aromatic heterocycles. The summed E-state index contributed by atoms with van der Waals surface area (Å²) in [7, 11) is 0. The number of carboxylic acids is 1. The maximum Gasteiger partial charge on any atom is 0.312 e. The minimum absolute atomic E-state index is 0.492. The second-order valence-corrected chi connectivity index (χ2v) is 3.72. The molecule has 1 heterocycles. The van der Waals surface area contributed by atoms with Crippen molar-refractivity contribution >= 4 is 5.97 Å². The molecule has 0 saturated carbocycles. The van der Waals surface area contributed by atoms with Gasteiger partial charge in [-0.1, -0.05) is 30.3 Å². The first-order valence-electron chi connectivity index (χ1n) is 5.29. The molecule has 2 aromatic rings. The summed E-state index contributed by atoms with van der Waals surface area (Å²) in [4.78, 5) is 19.4. The number of carbonyl (C=O) groups is 1. The molecule has 0 saturated heterocycles. The minimum Gasteiger partial charge on any atom is -0.481 e. The highest BCUT2D eigenvalue weighted by atomic mass is 16.4. The predicted octanol–water partition coefficient (Wildman–Crippen LogP) is 2.33. The lowest BCUT2D eigenvalue weighted by Crippen LogP contribution is -2.11. The van der Waals surface area contributed by atoms with Crippen molar-refractivity contribution in [3.8, 4) is 11.3 Å². The third kappa shape index (κ3) is 2.30. The standard InChI is InChI=1S/C13H12N2O2/c1-9(13(16)17)11-12(15-8-7-14-11)10-5-3-2-4-6-10/h2-9H,1H3,(H,16,17). The van der Waals surface area contributed by atoms with Crippen molar-refractivity contribution in [2.24, 2.45) is 0 Å². The van der Waals surface area contributed by atoms with Crippen LogP contribution >= 0.6 is 0 Å². The molecule has 0 spiro atoms. The van der Waals surface area contributed by atoms with Gasteiger partial charge in [-0.05, 0) is 6.92 Å². The van der Waals surface area contributed by atoms with Crippen LogP contribution in [0.2, 0.25) is 0 Å². The average Bonchev–Trinajstić information content (AvgIpc) is 2.39. The van der Waals surface area contributed by atoms with Crippen LogP contribution < -0.4 is 0 Å². The lowest BCUT2D eigenvalue weighted by Gasteiger charge is -2.10. The molecule has 86 valence electrons. The number of aliphatic carboxylic acids is 1. The summed E-state index contributed by atoms with van der Waals surface area (Å²) in [5.41, 5.74) is 2.00. The first kappa shape index (κ1) is 11.3. The SMILES string of the molecule is CC(C(=O)O)c1nccnc1-c1ccccc1. The number of nitrogens with zero attached hydrogens (tertiary/aromatic N) is 2. The quantitative estimate of drug-likeness (QED) is 0.875. The van der Waals surface area contributed by atoms with Crippen LogP contribution in [0.15, 0.2) is 42.7 Å². The summed E-state index contributed by atoms with van der Waals surface area (Å²) < 4.78 is 0. The molecule has 0 aliphatic rings. The van der Waals surface area contributed by atoms with Crippen molar-refractivity contribution in [3.63, 3.8) is 0 Å². The number of hydrogen-bond acceptors (Lipinski definition) is 3. The molecular weight excluding hydrogens is 216 g/mol. The van der Waals surface area contributed by atoms with Gasteiger partial charge < -0.3 is 5.11 Å². The van der Waals surface area contributed by atoms with E-state index < -0.39 is 11.9 Å². The van der Waals surface area contributed by atoms with Crippen LogP contribution in [0, 0.1) is 0 Å². The van der Waals surface area contributed by atoms with Gasteiger partial charge in [-0.15, -0.1) is 0 Å². The molecule has 0 aliphatic heterocycles. The molecule has 1 aromatic carbocycles. The maximum absolute atomic E-state index is 11.0. The van der Waals surface area contributed by atoms with Crippen LogP contribution in [0.1, 0.15) is 18.5 Å². The topological polar surface area (TPSA) is 63.1 Å². The molecule has 1 atom stereocenters. The normalized spacial score (nSPS) is 12.1. The van der Waals surface area contributed by atoms with E-state index in [0.29, 0.717) is 11.4 Å². The van der Waals surface area contributed by atoms with Crippen molar-refractivity contribution < 1.29 is 9.90 Å². The molecule has 0 fully saturated rings. The highest BCUT2D eigenvalue weighted by Crippen LogP contribution is 2.25. The van der Waals surface area contributed by atoms with Crippen LogP contribution in [-0.2, 0) is 4.79 Å². The Balaban J connectivity index is 2.52. The summed E-state index contributed by atoms with van der Waals surface area (Å²) in [5.74, 6) is -1.57. The van der Waals surface area contributed by atoms with E-state index in [9.17, 15) is 4.79 Å². The summed E-state index contributed by atoms with van der Waals surface area (Å²) in [6, 6.07) is 9.46. The highest BCUT2D eigenvalue weighted by molar-refractivity contribution is 5.78. The van der Waals surface area contributed by atoms with Gasteiger partial charge in [0.1, 0.15) is 0 Å². The van der Waals surface area contributed by atoms with E-state index in [0.717, 1.165) is 5.56 Å². The Morgan fingerprint density at radius 2 is 1.82 bits per heavy atom. The third-order valence-corrected chi connectivity index (χ3v) is 2.55. The molecular formula is C13H12N2O2. The minimum atomic E-state index is -0.900. The van der Waals surface area contributed by atoms with E-state index in [4.69, 9.17) is 5.11 Å². The molecule has 17 heavy (non-hydrogen) atoms. The van der Waals surface area contributed by atoms with Gasteiger partial charge in [-0.2, -0.15) is 0 Å². The van der Waals surface area contributed by atoms with Gasteiger partial charge in [0.05, 0.1) is 17.3 Å². The van der Waals surface area contributed by atoms with Crippen LogP contribution in [0.25, 0.3) is 11.3 Å². The summed E-state index contributed by atoms with van der Waals surface area (Å²) in [5, 5.41) is 9.04. The van der Waals surface area contributed by atoms with Crippen molar-refractivity contribution in [1.82, 2.24) is 9.97 Å². The molecule has 0 amide bonds. The lowest BCUT2D eigenvalue weighted by molar-refractivity contribution is -0.138. The number of rotatable bonds is 3. The molecule has 0 radical (unpaired) electrons. The highest BCUT2D eigenvalue weighted by Gasteiger charge is 2.20. The second kappa shape index (κ2) is 4.74. The fourth-order valence-electron chi connectivity index (χ4n) is 1.60. The Kier molecular flexibility index (Phi) is 3.14. The van der Waals surface area contributed by atoms with Crippen LogP contribution in [0.5, 0.6) is 0 Å². The Hall–Kier alpha value is -2.23. The first-order chi connectivity index (χ1) is 8.20. The van der Waals surface area contributed by atoms with Gasteiger partial charge in [0.2, 0.25) is 0 Å². The van der Waals surface area contributed by atoms with Gasteiger partial charge in [-0.25, -0.2) is 0 Å². The molecule has 1 unspecified atom stereocenters. The number of benzene rings is 1. The van der Waals surface area contributed by atoms with Gasteiger partial charge in [0.25, 0.3) is 0 Å². The van der Waals surface area contributed by atoms with Crippen molar-refractivity contribution in [2.45, 2.75) is 12.8 Å². The molecule has 4 nitrogen and oxygen atoms in total. The fourth-order valence-corrected chi connectivity index (χ4v) is 1.60. The Morgan fingerprint density at radius 1 is 1.18 bits per heavy atom. The van der Waals surface area contributed by atoms with E-state index in [1.807, 2.05) is 30.3 Å². The summed E-state index contributed by atoms with van der Waals surface area (Å²) in [6.07, 6.45) is 3.08. The van der Waals surface area contributed by atoms with Gasteiger partial charge in [-0.3, -0.25) is 14.8 Å². The van der Waals surface area contributed by atoms with E-state index in [2.05, 4.69) is 9.97 Å².